The summed E-state index contributed by atoms with van der Waals surface area (Å²) in [6.07, 6.45) is 4.92. The first-order chi connectivity index (χ1) is 17.1. The van der Waals surface area contributed by atoms with Gasteiger partial charge in [-0.1, -0.05) is 99.5 Å². The molecule has 0 fully saturated rings. The van der Waals surface area contributed by atoms with Gasteiger partial charge in [0.1, 0.15) is 20.2 Å². The van der Waals surface area contributed by atoms with Crippen LogP contribution >= 0.6 is 0 Å². The van der Waals surface area contributed by atoms with Crippen molar-refractivity contribution in [3.8, 4) is 0 Å². The summed E-state index contributed by atoms with van der Waals surface area (Å²) in [6, 6.07) is 21.4. The van der Waals surface area contributed by atoms with Crippen molar-refractivity contribution in [3.63, 3.8) is 0 Å². The molecule has 4 rings (SSSR count). The Morgan fingerprint density at radius 3 is 1.24 bits per heavy atom. The van der Waals surface area contributed by atoms with Crippen LogP contribution in [0.3, 0.4) is 0 Å². The topological polar surface area (TPSA) is 114 Å². The second kappa shape index (κ2) is 14.0. The molecule has 37 heavy (non-hydrogen) atoms. The van der Waals surface area contributed by atoms with Gasteiger partial charge in [-0.25, -0.2) is 16.8 Å². The summed E-state index contributed by atoms with van der Waals surface area (Å²) in [4.78, 5) is -0.0944. The molecule has 0 bridgehead atoms. The third-order valence-electron chi connectivity index (χ3n) is 6.02. The Balaban J connectivity index is 0.000000253. The van der Waals surface area contributed by atoms with Crippen molar-refractivity contribution in [1.29, 1.82) is 0 Å². The Hall–Kier alpha value is -1.52. The maximum Gasteiger partial charge on any atom is 2.00 e. The zero-order chi connectivity index (χ0) is 26.3. The summed E-state index contributed by atoms with van der Waals surface area (Å²) >= 11 is 0. The zero-order valence-corrected chi connectivity index (χ0v) is 25.0. The molecule has 0 amide bonds. The van der Waals surface area contributed by atoms with E-state index in [1.807, 2.05) is 50.2 Å². The summed E-state index contributed by atoms with van der Waals surface area (Å²) in [5, 5.41) is 2.63. The van der Waals surface area contributed by atoms with E-state index in [-0.39, 0.29) is 47.5 Å². The van der Waals surface area contributed by atoms with E-state index in [0.29, 0.717) is 34.7 Å². The van der Waals surface area contributed by atoms with Crippen molar-refractivity contribution in [1.82, 2.24) is 0 Å². The fourth-order valence-corrected chi connectivity index (χ4v) is 6.19. The van der Waals surface area contributed by atoms with Gasteiger partial charge >= 0.3 is 37.7 Å². The van der Waals surface area contributed by atoms with Crippen molar-refractivity contribution in [2.45, 2.75) is 62.2 Å². The average molecular weight is 567 g/mol. The minimum atomic E-state index is -4.44. The van der Waals surface area contributed by atoms with Crippen molar-refractivity contribution in [2.24, 2.45) is 0 Å². The molecule has 0 aliphatic carbocycles. The van der Waals surface area contributed by atoms with Gasteiger partial charge in [-0.15, -0.1) is 0 Å². The smallest absolute Gasteiger partial charge is 0.744 e. The molecular formula is C28H30CaO6S2. The van der Waals surface area contributed by atoms with Gasteiger partial charge < -0.3 is 9.11 Å². The van der Waals surface area contributed by atoms with Crippen molar-refractivity contribution in [3.05, 3.63) is 83.9 Å². The molecule has 0 atom stereocenters. The first kappa shape index (κ1) is 31.7. The van der Waals surface area contributed by atoms with E-state index in [1.54, 1.807) is 36.4 Å². The quantitative estimate of drug-likeness (QED) is 0.197. The molecule has 4 aromatic rings. The van der Waals surface area contributed by atoms with E-state index >= 15 is 0 Å². The van der Waals surface area contributed by atoms with Gasteiger partial charge in [-0.3, -0.25) is 0 Å². The van der Waals surface area contributed by atoms with E-state index in [0.717, 1.165) is 36.5 Å². The van der Waals surface area contributed by atoms with Crippen LogP contribution in [0.4, 0.5) is 0 Å². The van der Waals surface area contributed by atoms with E-state index in [9.17, 15) is 25.9 Å². The Morgan fingerprint density at radius 1 is 0.568 bits per heavy atom. The molecular weight excluding hydrogens is 537 g/mol. The Bertz CT molecular complexity index is 1450. The van der Waals surface area contributed by atoms with Crippen molar-refractivity contribution < 1.29 is 25.9 Å². The third kappa shape index (κ3) is 8.23. The zero-order valence-electron chi connectivity index (χ0n) is 21.1. The second-order valence-corrected chi connectivity index (χ2v) is 11.3. The average Bonchev–Trinajstić information content (AvgIpc) is 2.84. The predicted octanol–water partition coefficient (Wildman–Crippen LogP) is 5.79. The Kier molecular flexibility index (Phi) is 12.0. The third-order valence-corrected chi connectivity index (χ3v) is 7.99. The van der Waals surface area contributed by atoms with Gasteiger partial charge in [-0.2, -0.15) is 0 Å². The molecule has 0 saturated heterocycles. The molecule has 0 aliphatic heterocycles. The number of aryl methyl sites for hydroxylation is 2. The molecule has 9 heteroatoms. The summed E-state index contributed by atoms with van der Waals surface area (Å²) in [6.45, 7) is 4.07. The summed E-state index contributed by atoms with van der Waals surface area (Å²) in [7, 11) is -8.88. The molecule has 4 aromatic carbocycles. The SMILES string of the molecule is CCCCc1ccc2ccccc2c1S(=O)(=O)[O-].CCCCc1ccc2ccccc2c1S(=O)(=O)[O-].[Ca+2]. The summed E-state index contributed by atoms with van der Waals surface area (Å²) in [5.74, 6) is 0. The van der Waals surface area contributed by atoms with Crippen LogP contribution < -0.4 is 0 Å². The van der Waals surface area contributed by atoms with Gasteiger partial charge in [0.05, 0.1) is 9.79 Å². The second-order valence-electron chi connectivity index (χ2n) is 8.67. The van der Waals surface area contributed by atoms with Crippen LogP contribution in [0.5, 0.6) is 0 Å². The largest absolute Gasteiger partial charge is 2.00 e. The number of fused-ring (bicyclic) bond motifs is 2. The fraction of sp³-hybridized carbons (Fsp3) is 0.286. The monoisotopic (exact) mass is 566 g/mol. The van der Waals surface area contributed by atoms with Crippen LogP contribution in [0.1, 0.15) is 50.7 Å². The first-order valence-electron chi connectivity index (χ1n) is 12.0. The number of rotatable bonds is 8. The van der Waals surface area contributed by atoms with Crippen LogP contribution in [0, 0.1) is 0 Å². The van der Waals surface area contributed by atoms with Gasteiger partial charge in [0, 0.05) is 0 Å². The van der Waals surface area contributed by atoms with Crippen molar-refractivity contribution in [2.75, 3.05) is 0 Å². The van der Waals surface area contributed by atoms with E-state index < -0.39 is 20.2 Å². The Morgan fingerprint density at radius 2 is 0.919 bits per heavy atom. The molecule has 0 N–H and O–H groups in total. The number of hydrogen-bond donors (Lipinski definition) is 0. The number of benzene rings is 4. The minimum absolute atomic E-state index is 0. The maximum atomic E-state index is 11.5. The Labute approximate surface area is 249 Å². The standard InChI is InChI=1S/2C14H16O3S.Ca/c2*1-2-3-6-12-10-9-11-7-4-5-8-13(11)14(12)18(15,16)17;/h2*4-5,7-10H,2-3,6H2,1H3,(H,15,16,17);/q;;+2/p-2. The van der Waals surface area contributed by atoms with Crippen LogP contribution in [0.2, 0.25) is 0 Å². The molecule has 0 radical (unpaired) electrons. The summed E-state index contributed by atoms with van der Waals surface area (Å²) < 4.78 is 68.9. The minimum Gasteiger partial charge on any atom is -0.744 e. The number of unbranched alkanes of at least 4 members (excludes halogenated alkanes) is 2. The van der Waals surface area contributed by atoms with E-state index in [1.165, 1.54) is 0 Å². The maximum absolute atomic E-state index is 11.5. The van der Waals surface area contributed by atoms with Gasteiger partial charge in [0.2, 0.25) is 0 Å². The molecule has 0 saturated carbocycles. The molecule has 0 spiro atoms. The van der Waals surface area contributed by atoms with Crippen LogP contribution in [-0.4, -0.2) is 63.7 Å². The molecule has 0 unspecified atom stereocenters. The predicted molar refractivity (Wildman–Crippen MR) is 147 cm³/mol. The molecule has 192 valence electrons. The van der Waals surface area contributed by atoms with Crippen LogP contribution in [-0.2, 0) is 33.1 Å². The normalized spacial score (nSPS) is 11.6. The van der Waals surface area contributed by atoms with Crippen molar-refractivity contribution >= 4 is 79.5 Å². The van der Waals surface area contributed by atoms with E-state index in [2.05, 4.69) is 0 Å². The van der Waals surface area contributed by atoms with E-state index in [4.69, 9.17) is 0 Å². The van der Waals surface area contributed by atoms with Gasteiger partial charge in [0.25, 0.3) is 0 Å². The van der Waals surface area contributed by atoms with Crippen LogP contribution in [0.25, 0.3) is 21.5 Å². The summed E-state index contributed by atoms with van der Waals surface area (Å²) in [5.41, 5.74) is 1.26. The molecule has 0 heterocycles. The van der Waals surface area contributed by atoms with Gasteiger partial charge in [-0.05, 0) is 58.4 Å². The number of hydrogen-bond acceptors (Lipinski definition) is 6. The van der Waals surface area contributed by atoms with Crippen LogP contribution in [0.15, 0.2) is 82.6 Å². The molecule has 0 aliphatic rings. The molecule has 6 nitrogen and oxygen atoms in total. The fourth-order valence-electron chi connectivity index (χ4n) is 4.29. The van der Waals surface area contributed by atoms with Gasteiger partial charge in [0.15, 0.2) is 0 Å². The molecule has 0 aromatic heterocycles. The first-order valence-corrected chi connectivity index (χ1v) is 14.8.